The molecule has 1 heterocycles. The van der Waals surface area contributed by atoms with Gasteiger partial charge in [0.05, 0.1) is 34.1 Å². The van der Waals surface area contributed by atoms with E-state index in [-0.39, 0.29) is 85.2 Å². The van der Waals surface area contributed by atoms with Crippen molar-refractivity contribution >= 4 is 74.2 Å². The van der Waals surface area contributed by atoms with Crippen LogP contribution in [0.1, 0.15) is 24.0 Å². The molecule has 4 aromatic rings. The summed E-state index contributed by atoms with van der Waals surface area (Å²) in [7, 11) is -9.29. The van der Waals surface area contributed by atoms with Crippen LogP contribution in [0.3, 0.4) is 0 Å². The molecule has 9 N–H and O–H groups in total. The summed E-state index contributed by atoms with van der Waals surface area (Å²) in [5.74, 6) is -3.06. The minimum Gasteiger partial charge on any atom is -0.488 e. The van der Waals surface area contributed by atoms with Crippen molar-refractivity contribution < 1.29 is 40.3 Å². The number of aliphatic imine (C=N–C) groups is 2. The van der Waals surface area contributed by atoms with E-state index in [1.165, 1.54) is 6.07 Å². The van der Waals surface area contributed by atoms with Crippen molar-refractivity contribution in [3.8, 4) is 35.1 Å². The first-order chi connectivity index (χ1) is 25.6. The van der Waals surface area contributed by atoms with E-state index in [2.05, 4.69) is 14.7 Å². The molecular formula is C31H30Cl2F2N9O7PS2. The molecule has 0 atom stereocenters. The number of thiophene rings is 1. The SMILES string of the molecule is N#Cc1ccc(OP(=O)(CNS(=O)(=O)c2cc3c(Cl)c(OCCCN=C(N)N)c(OCCCN=C(N)N)c(Cl)c3s2)Oc2ccc(C#N)c(F)c2)cc1F. The maximum absolute atomic E-state index is 14.4. The number of nitrogens with zero attached hydrogens (tertiary/aromatic N) is 4. The molecule has 0 saturated heterocycles. The van der Waals surface area contributed by atoms with E-state index in [0.29, 0.717) is 24.2 Å². The Morgan fingerprint density at radius 2 is 1.31 bits per heavy atom. The molecule has 0 aliphatic carbocycles. The monoisotopic (exact) mass is 843 g/mol. The zero-order valence-corrected chi connectivity index (χ0v) is 31.8. The summed E-state index contributed by atoms with van der Waals surface area (Å²) in [5.41, 5.74) is 20.8. The third-order valence-corrected chi connectivity index (χ3v) is 12.4. The van der Waals surface area contributed by atoms with Crippen molar-refractivity contribution in [1.29, 1.82) is 10.5 Å². The number of guanidine groups is 2. The van der Waals surface area contributed by atoms with Crippen molar-refractivity contribution in [2.24, 2.45) is 32.9 Å². The fourth-order valence-corrected chi connectivity index (χ4v) is 9.49. The molecule has 0 aliphatic heterocycles. The minimum absolute atomic E-state index is 0.00557. The van der Waals surface area contributed by atoms with Crippen LogP contribution in [-0.4, -0.2) is 52.9 Å². The Kier molecular flexibility index (Phi) is 14.1. The summed E-state index contributed by atoms with van der Waals surface area (Å²) in [6, 6.07) is 10.2. The van der Waals surface area contributed by atoms with Crippen LogP contribution in [-0.2, 0) is 14.6 Å². The zero-order chi connectivity index (χ0) is 39.6. The van der Waals surface area contributed by atoms with E-state index in [1.807, 2.05) is 0 Å². The average Bonchev–Trinajstić information content (AvgIpc) is 3.58. The summed E-state index contributed by atoms with van der Waals surface area (Å²) in [6.07, 6.45) is -0.353. The molecule has 54 heavy (non-hydrogen) atoms. The third kappa shape index (κ3) is 10.8. The molecule has 0 fully saturated rings. The van der Waals surface area contributed by atoms with Gasteiger partial charge in [-0.3, -0.25) is 9.98 Å². The highest BCUT2D eigenvalue weighted by atomic mass is 35.5. The largest absolute Gasteiger partial charge is 0.488 e. The first-order valence-electron chi connectivity index (χ1n) is 15.3. The van der Waals surface area contributed by atoms with Crippen LogP contribution in [0.4, 0.5) is 8.78 Å². The molecule has 0 bridgehead atoms. The standard InChI is InChI=1S/C31H30Cl2F2N9O7PS2/c32-25-21-13-24(53-29(21)26(33)28(49-10-2-8-43-31(40)41)27(25)48-9-1-7-42-30(38)39)54(46,47)44-16-52(45,50-19-5-3-17(14-36)22(34)11-19)51-20-6-4-18(15-37)23(35)12-20/h3-6,11-13,44H,1-2,7-10,16H2,(H4,38,39,42)(H4,40,41,43). The van der Waals surface area contributed by atoms with Crippen LogP contribution in [0, 0.1) is 34.3 Å². The van der Waals surface area contributed by atoms with E-state index in [9.17, 15) is 21.8 Å². The minimum atomic E-state index is -4.71. The van der Waals surface area contributed by atoms with Gasteiger partial charge in [0, 0.05) is 43.5 Å². The molecule has 1 aromatic heterocycles. The molecule has 286 valence electrons. The lowest BCUT2D eigenvalue weighted by Crippen LogP contribution is -2.26. The molecule has 0 spiro atoms. The topological polar surface area (TPSA) is 277 Å². The van der Waals surface area contributed by atoms with E-state index in [1.54, 1.807) is 12.1 Å². The maximum Gasteiger partial charge on any atom is 0.445 e. The summed E-state index contributed by atoms with van der Waals surface area (Å²) < 4.78 is 94.8. The van der Waals surface area contributed by atoms with Crippen molar-refractivity contribution in [2.75, 3.05) is 32.6 Å². The van der Waals surface area contributed by atoms with Crippen molar-refractivity contribution in [2.45, 2.75) is 17.1 Å². The van der Waals surface area contributed by atoms with Crippen LogP contribution in [0.5, 0.6) is 23.0 Å². The highest BCUT2D eigenvalue weighted by molar-refractivity contribution is 7.92. The lowest BCUT2D eigenvalue weighted by molar-refractivity contribution is 0.266. The zero-order valence-electron chi connectivity index (χ0n) is 27.7. The van der Waals surface area contributed by atoms with Gasteiger partial charge < -0.3 is 41.5 Å². The Balaban J connectivity index is 1.67. The van der Waals surface area contributed by atoms with Gasteiger partial charge in [-0.15, -0.1) is 11.3 Å². The Bertz CT molecular complexity index is 2210. The normalized spacial score (nSPS) is 11.3. The number of nitrogens with one attached hydrogen (secondary N) is 1. The molecule has 0 unspecified atom stereocenters. The maximum atomic E-state index is 14.4. The summed E-state index contributed by atoms with van der Waals surface area (Å²) in [4.78, 5) is 7.78. The molecule has 0 amide bonds. The Labute approximate surface area is 321 Å². The number of sulfonamides is 1. The molecule has 0 saturated carbocycles. The lowest BCUT2D eigenvalue weighted by atomic mass is 10.2. The van der Waals surface area contributed by atoms with Crippen LogP contribution in [0.15, 0.2) is 56.7 Å². The van der Waals surface area contributed by atoms with Gasteiger partial charge in [-0.2, -0.15) is 15.2 Å². The molecular weight excluding hydrogens is 814 g/mol. The average molecular weight is 845 g/mol. The van der Waals surface area contributed by atoms with Gasteiger partial charge in [0.25, 0.3) is 10.0 Å². The number of nitrogens with two attached hydrogens (primary N) is 4. The van der Waals surface area contributed by atoms with Crippen molar-refractivity contribution in [1.82, 2.24) is 4.72 Å². The van der Waals surface area contributed by atoms with Gasteiger partial charge in [0.1, 0.15) is 50.8 Å². The second-order valence-electron chi connectivity index (χ2n) is 10.7. The molecule has 3 aromatic carbocycles. The van der Waals surface area contributed by atoms with Gasteiger partial charge in [0.15, 0.2) is 23.4 Å². The van der Waals surface area contributed by atoms with E-state index in [4.69, 9.17) is 75.2 Å². The van der Waals surface area contributed by atoms with Gasteiger partial charge in [-0.1, -0.05) is 23.2 Å². The summed E-state index contributed by atoms with van der Waals surface area (Å²) >= 11 is 14.2. The molecule has 0 radical (unpaired) electrons. The number of fused-ring (bicyclic) bond motifs is 1. The fraction of sp³-hybridized carbons (Fsp3) is 0.226. The van der Waals surface area contributed by atoms with Crippen LogP contribution >= 0.6 is 42.1 Å². The van der Waals surface area contributed by atoms with E-state index >= 15 is 0 Å². The Morgan fingerprint density at radius 3 is 1.76 bits per heavy atom. The van der Waals surface area contributed by atoms with Crippen LogP contribution in [0.25, 0.3) is 10.1 Å². The molecule has 4 rings (SSSR count). The predicted octanol–water partition coefficient (Wildman–Crippen LogP) is 4.90. The Morgan fingerprint density at radius 1 is 0.833 bits per heavy atom. The third-order valence-electron chi connectivity index (χ3n) is 6.76. The van der Waals surface area contributed by atoms with E-state index < -0.39 is 47.0 Å². The van der Waals surface area contributed by atoms with Crippen molar-refractivity contribution in [3.05, 3.63) is 75.3 Å². The summed E-state index contributed by atoms with van der Waals surface area (Å²) in [5, 5.41) is 18.2. The second-order valence-corrected chi connectivity index (χ2v) is 16.4. The number of hydrogen-bond acceptors (Lipinski definition) is 12. The fourth-order valence-electron chi connectivity index (χ4n) is 4.33. The van der Waals surface area contributed by atoms with Crippen molar-refractivity contribution in [3.63, 3.8) is 0 Å². The van der Waals surface area contributed by atoms with Gasteiger partial charge in [-0.25, -0.2) is 21.8 Å². The first kappa shape index (κ1) is 41.7. The smallest absolute Gasteiger partial charge is 0.445 e. The van der Waals surface area contributed by atoms with Gasteiger partial charge in [0.2, 0.25) is 0 Å². The number of hydrogen-bond donors (Lipinski definition) is 5. The highest BCUT2D eigenvalue weighted by Crippen LogP contribution is 2.52. The first-order valence-corrected chi connectivity index (χ1v) is 20.0. The van der Waals surface area contributed by atoms with E-state index in [0.717, 1.165) is 36.4 Å². The quantitative estimate of drug-likeness (QED) is 0.0386. The molecule has 23 heteroatoms. The van der Waals surface area contributed by atoms with Gasteiger partial charge >= 0.3 is 7.60 Å². The van der Waals surface area contributed by atoms with Crippen LogP contribution in [0.2, 0.25) is 10.0 Å². The number of benzene rings is 3. The second kappa shape index (κ2) is 18.3. The number of ether oxygens (including phenoxy) is 2. The molecule has 16 nitrogen and oxygen atoms in total. The lowest BCUT2D eigenvalue weighted by Gasteiger charge is -2.20. The number of halogens is 4. The summed E-state index contributed by atoms with van der Waals surface area (Å²) in [6.45, 7) is 0.577. The van der Waals surface area contributed by atoms with Crippen LogP contribution < -0.4 is 46.2 Å². The number of rotatable bonds is 18. The van der Waals surface area contributed by atoms with Gasteiger partial charge in [-0.05, 0) is 30.3 Å². The Hall–Kier alpha value is -5.08. The predicted molar refractivity (Wildman–Crippen MR) is 200 cm³/mol. The number of nitriles is 2. The molecule has 0 aliphatic rings. The highest BCUT2D eigenvalue weighted by Gasteiger charge is 2.33.